The molecule has 0 fully saturated rings. The second-order valence-electron chi connectivity index (χ2n) is 3.63. The van der Waals surface area contributed by atoms with E-state index in [-0.39, 0.29) is 32.3 Å². The van der Waals surface area contributed by atoms with Crippen LogP contribution in [0.3, 0.4) is 0 Å². The van der Waals surface area contributed by atoms with Crippen LogP contribution in [0.4, 0.5) is 4.79 Å². The molecule has 1 aromatic rings. The lowest BCUT2D eigenvalue weighted by Gasteiger charge is -2.19. The van der Waals surface area contributed by atoms with Crippen LogP contribution in [0.5, 0.6) is 0 Å². The Morgan fingerprint density at radius 1 is 1.17 bits per heavy atom. The standard InChI is InChI=1S/C13H18N2O3/c16-10-8-15(9-11-17)13(18)14-7-6-12-4-2-1-3-5-12/h1-7,16-17H,8-11H2,(H,14,18)/b7-6+. The van der Waals surface area contributed by atoms with Crippen LogP contribution in [0.2, 0.25) is 0 Å². The van der Waals surface area contributed by atoms with E-state index in [1.165, 1.54) is 4.90 Å². The first kappa shape index (κ1) is 14.2. The lowest BCUT2D eigenvalue weighted by atomic mass is 10.2. The highest BCUT2D eigenvalue weighted by Crippen LogP contribution is 1.99. The third kappa shape index (κ3) is 4.99. The molecular formula is C13H18N2O3. The molecule has 5 nitrogen and oxygen atoms in total. The van der Waals surface area contributed by atoms with Crippen LogP contribution in [-0.2, 0) is 0 Å². The summed E-state index contributed by atoms with van der Waals surface area (Å²) in [5.41, 5.74) is 0.980. The van der Waals surface area contributed by atoms with Gasteiger partial charge in [-0.2, -0.15) is 0 Å². The summed E-state index contributed by atoms with van der Waals surface area (Å²) < 4.78 is 0. The Balaban J connectivity index is 2.46. The van der Waals surface area contributed by atoms with E-state index in [0.29, 0.717) is 0 Å². The zero-order valence-corrected chi connectivity index (χ0v) is 10.1. The number of carbonyl (C=O) groups is 1. The third-order valence-corrected chi connectivity index (χ3v) is 2.31. The number of amides is 2. The van der Waals surface area contributed by atoms with E-state index in [2.05, 4.69) is 5.32 Å². The maximum atomic E-state index is 11.7. The number of benzene rings is 1. The normalized spacial score (nSPS) is 10.6. The SMILES string of the molecule is O=C(N/C=C/c1ccccc1)N(CCO)CCO. The van der Waals surface area contributed by atoms with Gasteiger partial charge in [0.05, 0.1) is 13.2 Å². The van der Waals surface area contributed by atoms with Crippen molar-refractivity contribution in [2.75, 3.05) is 26.3 Å². The van der Waals surface area contributed by atoms with Gasteiger partial charge in [-0.15, -0.1) is 0 Å². The van der Waals surface area contributed by atoms with Crippen LogP contribution in [0, 0.1) is 0 Å². The van der Waals surface area contributed by atoms with Gasteiger partial charge in [-0.25, -0.2) is 4.79 Å². The lowest BCUT2D eigenvalue weighted by Crippen LogP contribution is -2.41. The Kier molecular flexibility index (Phi) is 6.53. The third-order valence-electron chi connectivity index (χ3n) is 2.31. The van der Waals surface area contributed by atoms with Crippen molar-refractivity contribution in [1.29, 1.82) is 0 Å². The molecule has 0 aromatic heterocycles. The molecule has 98 valence electrons. The van der Waals surface area contributed by atoms with Crippen molar-refractivity contribution >= 4 is 12.1 Å². The highest BCUT2D eigenvalue weighted by molar-refractivity contribution is 5.76. The predicted octanol–water partition coefficient (Wildman–Crippen LogP) is 0.653. The number of hydrogen-bond donors (Lipinski definition) is 3. The topological polar surface area (TPSA) is 72.8 Å². The molecule has 0 unspecified atom stereocenters. The molecular weight excluding hydrogens is 232 g/mol. The summed E-state index contributed by atoms with van der Waals surface area (Å²) in [7, 11) is 0. The first-order valence-corrected chi connectivity index (χ1v) is 5.76. The molecule has 0 atom stereocenters. The number of rotatable bonds is 6. The van der Waals surface area contributed by atoms with Crippen LogP contribution in [0.25, 0.3) is 6.08 Å². The van der Waals surface area contributed by atoms with Crippen LogP contribution >= 0.6 is 0 Å². The molecule has 18 heavy (non-hydrogen) atoms. The number of carbonyl (C=O) groups excluding carboxylic acids is 1. The number of nitrogens with zero attached hydrogens (tertiary/aromatic N) is 1. The van der Waals surface area contributed by atoms with Gasteiger partial charge in [0.1, 0.15) is 0 Å². The molecule has 3 N–H and O–H groups in total. The molecule has 0 radical (unpaired) electrons. The molecule has 1 aromatic carbocycles. The summed E-state index contributed by atoms with van der Waals surface area (Å²) in [5, 5.41) is 20.2. The van der Waals surface area contributed by atoms with Crippen molar-refractivity contribution in [2.24, 2.45) is 0 Å². The highest BCUT2D eigenvalue weighted by Gasteiger charge is 2.09. The minimum Gasteiger partial charge on any atom is -0.395 e. The summed E-state index contributed by atoms with van der Waals surface area (Å²) in [6.07, 6.45) is 3.31. The van der Waals surface area contributed by atoms with E-state index in [4.69, 9.17) is 10.2 Å². The number of aliphatic hydroxyl groups excluding tert-OH is 2. The second kappa shape index (κ2) is 8.27. The van der Waals surface area contributed by atoms with Gasteiger partial charge in [0.25, 0.3) is 0 Å². The number of hydrogen-bond acceptors (Lipinski definition) is 3. The quantitative estimate of drug-likeness (QED) is 0.694. The van der Waals surface area contributed by atoms with Gasteiger partial charge in [0.2, 0.25) is 0 Å². The Morgan fingerprint density at radius 3 is 2.33 bits per heavy atom. The number of urea groups is 1. The van der Waals surface area contributed by atoms with E-state index in [0.717, 1.165) is 5.56 Å². The van der Waals surface area contributed by atoms with E-state index in [9.17, 15) is 4.79 Å². The van der Waals surface area contributed by atoms with Gasteiger partial charge in [0, 0.05) is 19.3 Å². The van der Waals surface area contributed by atoms with Crippen molar-refractivity contribution in [1.82, 2.24) is 10.2 Å². The first-order valence-electron chi connectivity index (χ1n) is 5.76. The molecule has 5 heteroatoms. The molecule has 0 saturated heterocycles. The predicted molar refractivity (Wildman–Crippen MR) is 69.8 cm³/mol. The summed E-state index contributed by atoms with van der Waals surface area (Å²) >= 11 is 0. The van der Waals surface area contributed by atoms with Crippen molar-refractivity contribution < 1.29 is 15.0 Å². The van der Waals surface area contributed by atoms with Gasteiger partial charge in [-0.1, -0.05) is 30.3 Å². The zero-order chi connectivity index (χ0) is 13.2. The average Bonchev–Trinajstić information content (AvgIpc) is 2.39. The van der Waals surface area contributed by atoms with Crippen LogP contribution in [0.15, 0.2) is 36.5 Å². The Labute approximate surface area is 106 Å². The fraction of sp³-hybridized carbons (Fsp3) is 0.308. The summed E-state index contributed by atoms with van der Waals surface area (Å²) in [4.78, 5) is 13.0. The smallest absolute Gasteiger partial charge is 0.321 e. The van der Waals surface area contributed by atoms with Gasteiger partial charge in [-0.05, 0) is 11.6 Å². The highest BCUT2D eigenvalue weighted by atomic mass is 16.3. The van der Waals surface area contributed by atoms with Crippen molar-refractivity contribution in [3.8, 4) is 0 Å². The van der Waals surface area contributed by atoms with Crippen molar-refractivity contribution in [2.45, 2.75) is 0 Å². The van der Waals surface area contributed by atoms with Crippen molar-refractivity contribution in [3.05, 3.63) is 42.1 Å². The lowest BCUT2D eigenvalue weighted by molar-refractivity contribution is 0.161. The first-order chi connectivity index (χ1) is 8.77. The van der Waals surface area contributed by atoms with Crippen molar-refractivity contribution in [3.63, 3.8) is 0 Å². The van der Waals surface area contributed by atoms with Gasteiger partial charge in [-0.3, -0.25) is 0 Å². The number of aliphatic hydroxyl groups is 2. The second-order valence-corrected chi connectivity index (χ2v) is 3.63. The molecule has 0 aliphatic rings. The molecule has 0 spiro atoms. The largest absolute Gasteiger partial charge is 0.395 e. The molecule has 0 saturated carbocycles. The van der Waals surface area contributed by atoms with Gasteiger partial charge >= 0.3 is 6.03 Å². The minimum atomic E-state index is -0.342. The molecule has 0 bridgehead atoms. The van der Waals surface area contributed by atoms with E-state index >= 15 is 0 Å². The zero-order valence-electron chi connectivity index (χ0n) is 10.1. The molecule has 1 rings (SSSR count). The summed E-state index contributed by atoms with van der Waals surface area (Å²) in [6.45, 7) is 0.142. The fourth-order valence-electron chi connectivity index (χ4n) is 1.42. The molecule has 0 aliphatic carbocycles. The van der Waals surface area contributed by atoms with Crippen LogP contribution < -0.4 is 5.32 Å². The Bertz CT molecular complexity index is 373. The molecule has 0 heterocycles. The van der Waals surface area contributed by atoms with E-state index in [1.807, 2.05) is 30.3 Å². The van der Waals surface area contributed by atoms with Crippen LogP contribution in [0.1, 0.15) is 5.56 Å². The maximum absolute atomic E-state index is 11.7. The summed E-state index contributed by atoms with van der Waals surface area (Å²) in [6, 6.07) is 9.23. The van der Waals surface area contributed by atoms with Crippen LogP contribution in [-0.4, -0.2) is 47.4 Å². The molecule has 0 aliphatic heterocycles. The molecule has 2 amide bonds. The van der Waals surface area contributed by atoms with Gasteiger partial charge < -0.3 is 20.4 Å². The Morgan fingerprint density at radius 2 is 1.78 bits per heavy atom. The maximum Gasteiger partial charge on any atom is 0.321 e. The monoisotopic (exact) mass is 250 g/mol. The number of nitrogens with one attached hydrogen (secondary N) is 1. The minimum absolute atomic E-state index is 0.129. The van der Waals surface area contributed by atoms with E-state index < -0.39 is 0 Å². The Hall–Kier alpha value is -1.85. The average molecular weight is 250 g/mol. The van der Waals surface area contributed by atoms with Gasteiger partial charge in [0.15, 0.2) is 0 Å². The summed E-state index contributed by atoms with van der Waals surface area (Å²) in [5.74, 6) is 0. The fourth-order valence-corrected chi connectivity index (χ4v) is 1.42. The van der Waals surface area contributed by atoms with E-state index in [1.54, 1.807) is 12.3 Å².